The molecule has 1 aliphatic heterocycles. The van der Waals surface area contributed by atoms with Gasteiger partial charge in [0.2, 0.25) is 0 Å². The van der Waals surface area contributed by atoms with Gasteiger partial charge in [-0.05, 0) is 61.7 Å². The number of amides is 1. The average Bonchev–Trinajstić information content (AvgIpc) is 3.06. The summed E-state index contributed by atoms with van der Waals surface area (Å²) in [6.45, 7) is 4.70. The molecule has 43 heavy (non-hydrogen) atoms. The van der Waals surface area contributed by atoms with E-state index < -0.39 is 0 Å². The standard InChI is InChI=1S/C35H46N2O6/c1-39-22-9-8-21-37(30-12-4-3-5-13-30)35(38)27-43-34-25-36-20-19-32(34)28-15-17-31(18-16-28)42-24-10-23-41-26-29-11-6-7-14-33(29)40-2/h3-7,11-18,32,34,36H,8-10,19-27H2,1-2H3. The Morgan fingerprint density at radius 2 is 1.67 bits per heavy atom. The Morgan fingerprint density at radius 3 is 2.47 bits per heavy atom. The summed E-state index contributed by atoms with van der Waals surface area (Å²) in [7, 11) is 3.37. The Bertz CT molecular complexity index is 1210. The summed E-state index contributed by atoms with van der Waals surface area (Å²) in [5.74, 6) is 1.86. The van der Waals surface area contributed by atoms with Crippen LogP contribution in [0.15, 0.2) is 78.9 Å². The third kappa shape index (κ3) is 10.4. The number of methoxy groups -OCH3 is 2. The summed E-state index contributed by atoms with van der Waals surface area (Å²) in [4.78, 5) is 15.2. The van der Waals surface area contributed by atoms with Crippen LogP contribution in [0, 0.1) is 0 Å². The molecule has 0 aromatic heterocycles. The summed E-state index contributed by atoms with van der Waals surface area (Å²) in [6, 6.07) is 26.0. The highest BCUT2D eigenvalue weighted by atomic mass is 16.5. The van der Waals surface area contributed by atoms with Gasteiger partial charge in [0.1, 0.15) is 18.1 Å². The van der Waals surface area contributed by atoms with Crippen molar-refractivity contribution >= 4 is 11.6 Å². The number of nitrogens with zero attached hydrogens (tertiary/aromatic N) is 1. The van der Waals surface area contributed by atoms with E-state index in [0.29, 0.717) is 39.5 Å². The van der Waals surface area contributed by atoms with Crippen molar-refractivity contribution in [3.63, 3.8) is 0 Å². The summed E-state index contributed by atoms with van der Waals surface area (Å²) in [5.41, 5.74) is 3.13. The normalized spacial score (nSPS) is 16.5. The number of unbranched alkanes of at least 4 members (excludes halogenated alkanes) is 1. The third-order valence-corrected chi connectivity index (χ3v) is 7.66. The number of ether oxygens (including phenoxy) is 5. The van der Waals surface area contributed by atoms with Crippen LogP contribution in [-0.2, 0) is 25.6 Å². The van der Waals surface area contributed by atoms with Crippen LogP contribution in [0.4, 0.5) is 5.69 Å². The molecule has 2 atom stereocenters. The molecule has 1 saturated heterocycles. The van der Waals surface area contributed by atoms with Gasteiger partial charge in [0.25, 0.3) is 5.91 Å². The highest BCUT2D eigenvalue weighted by Gasteiger charge is 2.28. The van der Waals surface area contributed by atoms with Crippen molar-refractivity contribution in [3.8, 4) is 11.5 Å². The van der Waals surface area contributed by atoms with Gasteiger partial charge in [0.05, 0.1) is 33.0 Å². The molecular formula is C35H46N2O6. The van der Waals surface area contributed by atoms with Gasteiger partial charge in [-0.15, -0.1) is 0 Å². The van der Waals surface area contributed by atoms with Gasteiger partial charge in [0, 0.05) is 50.4 Å². The number of nitrogens with one attached hydrogen (secondary N) is 1. The summed E-state index contributed by atoms with van der Waals surface area (Å²) < 4.78 is 28.6. The number of hydrogen-bond acceptors (Lipinski definition) is 7. The van der Waals surface area contributed by atoms with Crippen LogP contribution in [0.1, 0.15) is 42.7 Å². The maximum atomic E-state index is 13.3. The number of carbonyl (C=O) groups is 1. The molecule has 1 heterocycles. The first kappa shape index (κ1) is 32.5. The van der Waals surface area contributed by atoms with Crippen molar-refractivity contribution in [2.24, 2.45) is 0 Å². The van der Waals surface area contributed by atoms with Gasteiger partial charge in [-0.3, -0.25) is 4.79 Å². The molecule has 0 bridgehead atoms. The van der Waals surface area contributed by atoms with Crippen molar-refractivity contribution in [1.29, 1.82) is 0 Å². The predicted molar refractivity (Wildman–Crippen MR) is 169 cm³/mol. The second-order valence-corrected chi connectivity index (χ2v) is 10.7. The monoisotopic (exact) mass is 590 g/mol. The third-order valence-electron chi connectivity index (χ3n) is 7.66. The van der Waals surface area contributed by atoms with Gasteiger partial charge in [0.15, 0.2) is 0 Å². The molecule has 0 spiro atoms. The maximum absolute atomic E-state index is 13.3. The predicted octanol–water partition coefficient (Wildman–Crippen LogP) is 5.60. The number of rotatable bonds is 18. The zero-order valence-corrected chi connectivity index (χ0v) is 25.5. The highest BCUT2D eigenvalue weighted by molar-refractivity contribution is 5.94. The van der Waals surface area contributed by atoms with Crippen LogP contribution >= 0.6 is 0 Å². The Hall–Kier alpha value is -3.43. The number of para-hydroxylation sites is 2. The zero-order chi connectivity index (χ0) is 30.1. The molecule has 2 unspecified atom stereocenters. The fourth-order valence-corrected chi connectivity index (χ4v) is 5.33. The molecule has 0 aliphatic carbocycles. The molecule has 4 rings (SSSR count). The number of piperidine rings is 1. The van der Waals surface area contributed by atoms with Gasteiger partial charge >= 0.3 is 0 Å². The van der Waals surface area contributed by atoms with Crippen LogP contribution < -0.4 is 19.7 Å². The first-order valence-corrected chi connectivity index (χ1v) is 15.3. The highest BCUT2D eigenvalue weighted by Crippen LogP contribution is 2.29. The molecule has 1 aliphatic rings. The average molecular weight is 591 g/mol. The Balaban J connectivity index is 1.23. The topological polar surface area (TPSA) is 78.5 Å². The molecule has 1 fully saturated rings. The van der Waals surface area contributed by atoms with E-state index >= 15 is 0 Å². The molecule has 0 saturated carbocycles. The number of anilines is 1. The molecule has 1 amide bonds. The van der Waals surface area contributed by atoms with E-state index in [4.69, 9.17) is 23.7 Å². The van der Waals surface area contributed by atoms with Crippen molar-refractivity contribution in [1.82, 2.24) is 5.32 Å². The number of hydrogen-bond donors (Lipinski definition) is 1. The maximum Gasteiger partial charge on any atom is 0.252 e. The first-order chi connectivity index (χ1) is 21.2. The van der Waals surface area contributed by atoms with E-state index in [1.165, 1.54) is 5.56 Å². The minimum absolute atomic E-state index is 0.0245. The first-order valence-electron chi connectivity index (χ1n) is 15.3. The summed E-state index contributed by atoms with van der Waals surface area (Å²) in [6.07, 6.45) is 3.42. The molecule has 8 nitrogen and oxygen atoms in total. The summed E-state index contributed by atoms with van der Waals surface area (Å²) in [5, 5.41) is 3.43. The smallest absolute Gasteiger partial charge is 0.252 e. The van der Waals surface area contributed by atoms with Gasteiger partial charge in [-0.2, -0.15) is 0 Å². The van der Waals surface area contributed by atoms with Crippen LogP contribution in [-0.4, -0.2) is 72.3 Å². The molecule has 0 radical (unpaired) electrons. The molecule has 3 aromatic rings. The lowest BCUT2D eigenvalue weighted by Gasteiger charge is -2.33. The molecule has 3 aromatic carbocycles. The van der Waals surface area contributed by atoms with Gasteiger partial charge in [-0.25, -0.2) is 0 Å². The van der Waals surface area contributed by atoms with Crippen LogP contribution in [0.2, 0.25) is 0 Å². The zero-order valence-electron chi connectivity index (χ0n) is 25.5. The number of benzene rings is 3. The minimum Gasteiger partial charge on any atom is -0.496 e. The molecule has 8 heteroatoms. The lowest BCUT2D eigenvalue weighted by molar-refractivity contribution is -0.125. The second-order valence-electron chi connectivity index (χ2n) is 10.7. The lowest BCUT2D eigenvalue weighted by atomic mass is 9.87. The summed E-state index contributed by atoms with van der Waals surface area (Å²) >= 11 is 0. The fraction of sp³-hybridized carbons (Fsp3) is 0.457. The van der Waals surface area contributed by atoms with E-state index in [1.807, 2.05) is 71.6 Å². The van der Waals surface area contributed by atoms with Crippen molar-refractivity contribution in [2.45, 2.75) is 44.3 Å². The molecule has 232 valence electrons. The van der Waals surface area contributed by atoms with E-state index in [1.54, 1.807) is 14.2 Å². The van der Waals surface area contributed by atoms with Gasteiger partial charge in [-0.1, -0.05) is 48.5 Å². The van der Waals surface area contributed by atoms with Crippen molar-refractivity contribution < 1.29 is 28.5 Å². The quantitative estimate of drug-likeness (QED) is 0.193. The van der Waals surface area contributed by atoms with Crippen molar-refractivity contribution in [3.05, 3.63) is 90.0 Å². The van der Waals surface area contributed by atoms with E-state index in [2.05, 4.69) is 17.4 Å². The van der Waals surface area contributed by atoms with Crippen molar-refractivity contribution in [2.75, 3.05) is 65.2 Å². The fourth-order valence-electron chi connectivity index (χ4n) is 5.33. The van der Waals surface area contributed by atoms with E-state index in [9.17, 15) is 4.79 Å². The van der Waals surface area contributed by atoms with E-state index in [0.717, 1.165) is 55.0 Å². The van der Waals surface area contributed by atoms with Crippen LogP contribution in [0.5, 0.6) is 11.5 Å². The van der Waals surface area contributed by atoms with Crippen LogP contribution in [0.25, 0.3) is 0 Å². The lowest BCUT2D eigenvalue weighted by Crippen LogP contribution is -2.43. The molecule has 1 N–H and O–H groups in total. The second kappa shape index (κ2) is 18.3. The Morgan fingerprint density at radius 1 is 0.884 bits per heavy atom. The Labute approximate surface area is 256 Å². The Kier molecular flexibility index (Phi) is 13.8. The SMILES string of the molecule is COCCCCN(C(=O)COC1CNCCC1c1ccc(OCCCOCc2ccccc2OC)cc1)c1ccccc1. The number of carbonyl (C=O) groups excluding carboxylic acids is 1. The minimum atomic E-state index is -0.0871. The largest absolute Gasteiger partial charge is 0.496 e. The molecular weight excluding hydrogens is 544 g/mol. The van der Waals surface area contributed by atoms with E-state index in [-0.39, 0.29) is 24.5 Å². The van der Waals surface area contributed by atoms with Crippen LogP contribution in [0.3, 0.4) is 0 Å². The van der Waals surface area contributed by atoms with Gasteiger partial charge < -0.3 is 33.9 Å².